The van der Waals surface area contributed by atoms with Crippen LogP contribution in [0.1, 0.15) is 39.4 Å². The second-order valence-corrected chi connectivity index (χ2v) is 5.37. The Kier molecular flexibility index (Phi) is 4.21. The molecular weight excluding hydrogens is 251 g/mol. The molecule has 0 aliphatic rings. The van der Waals surface area contributed by atoms with Crippen molar-refractivity contribution in [1.82, 2.24) is 5.43 Å². The molecule has 1 atom stereocenters. The summed E-state index contributed by atoms with van der Waals surface area (Å²) < 4.78 is 14.4. The van der Waals surface area contributed by atoms with Crippen LogP contribution in [-0.2, 0) is 0 Å². The maximum atomic E-state index is 14.4. The monoisotopic (exact) mass is 272 g/mol. The van der Waals surface area contributed by atoms with Crippen LogP contribution in [0.4, 0.5) is 4.39 Å². The summed E-state index contributed by atoms with van der Waals surface area (Å²) in [5.74, 6) is 5.50. The summed E-state index contributed by atoms with van der Waals surface area (Å²) in [5, 5.41) is 0. The number of nitrogens with one attached hydrogen (secondary N) is 1. The predicted molar refractivity (Wildman–Crippen MR) is 81.0 cm³/mol. The normalized spacial score (nSPS) is 12.5. The quantitative estimate of drug-likeness (QED) is 0.661. The van der Waals surface area contributed by atoms with Crippen LogP contribution in [0.25, 0.3) is 0 Å². The van der Waals surface area contributed by atoms with Crippen molar-refractivity contribution >= 4 is 0 Å². The lowest BCUT2D eigenvalue weighted by molar-refractivity contribution is 0.555. The van der Waals surface area contributed by atoms with Gasteiger partial charge in [0.25, 0.3) is 0 Å². The number of hydrazine groups is 1. The highest BCUT2D eigenvalue weighted by atomic mass is 19.1. The first-order chi connectivity index (χ1) is 9.45. The molecule has 3 N–H and O–H groups in total. The third-order valence-electron chi connectivity index (χ3n) is 3.89. The molecule has 0 saturated carbocycles. The predicted octanol–water partition coefficient (Wildman–Crippen LogP) is 3.61. The van der Waals surface area contributed by atoms with Gasteiger partial charge in [-0.25, -0.2) is 9.82 Å². The second kappa shape index (κ2) is 5.73. The molecule has 0 saturated heterocycles. The SMILES string of the molecule is Cc1cc(C)c(C(NN)c2cccc(C)c2C)c(F)c1. The van der Waals surface area contributed by atoms with Crippen molar-refractivity contribution in [3.05, 3.63) is 69.5 Å². The van der Waals surface area contributed by atoms with E-state index in [-0.39, 0.29) is 11.9 Å². The molecule has 0 bridgehead atoms. The summed E-state index contributed by atoms with van der Waals surface area (Å²) in [4.78, 5) is 0. The number of hydrogen-bond acceptors (Lipinski definition) is 2. The summed E-state index contributed by atoms with van der Waals surface area (Å²) >= 11 is 0. The first-order valence-corrected chi connectivity index (χ1v) is 6.74. The van der Waals surface area contributed by atoms with E-state index in [0.29, 0.717) is 5.56 Å². The Morgan fingerprint density at radius 2 is 1.75 bits per heavy atom. The fourth-order valence-corrected chi connectivity index (χ4v) is 2.71. The van der Waals surface area contributed by atoms with E-state index in [1.54, 1.807) is 6.07 Å². The molecule has 3 heteroatoms. The molecule has 20 heavy (non-hydrogen) atoms. The maximum absolute atomic E-state index is 14.4. The van der Waals surface area contributed by atoms with E-state index in [1.807, 2.05) is 52.0 Å². The summed E-state index contributed by atoms with van der Waals surface area (Å²) in [6.45, 7) is 7.89. The third kappa shape index (κ3) is 2.60. The van der Waals surface area contributed by atoms with Crippen molar-refractivity contribution in [2.75, 3.05) is 0 Å². The Balaban J connectivity index is 2.62. The van der Waals surface area contributed by atoms with Gasteiger partial charge in [0.2, 0.25) is 0 Å². The maximum Gasteiger partial charge on any atom is 0.128 e. The highest BCUT2D eigenvalue weighted by molar-refractivity contribution is 5.44. The van der Waals surface area contributed by atoms with E-state index in [1.165, 1.54) is 5.56 Å². The van der Waals surface area contributed by atoms with Crippen molar-refractivity contribution in [1.29, 1.82) is 0 Å². The van der Waals surface area contributed by atoms with Gasteiger partial charge in [0.15, 0.2) is 0 Å². The van der Waals surface area contributed by atoms with E-state index >= 15 is 0 Å². The van der Waals surface area contributed by atoms with Gasteiger partial charge in [-0.15, -0.1) is 0 Å². The average molecular weight is 272 g/mol. The van der Waals surface area contributed by atoms with Crippen molar-refractivity contribution in [2.24, 2.45) is 5.84 Å². The van der Waals surface area contributed by atoms with E-state index in [2.05, 4.69) is 5.43 Å². The fourth-order valence-electron chi connectivity index (χ4n) is 2.71. The standard InChI is InChI=1S/C17H21FN2/c1-10-8-12(3)16(15(18)9-10)17(20-19)14-7-5-6-11(2)13(14)4/h5-9,17,20H,19H2,1-4H3. The average Bonchev–Trinajstić information content (AvgIpc) is 2.37. The van der Waals surface area contributed by atoms with Crippen LogP contribution < -0.4 is 11.3 Å². The van der Waals surface area contributed by atoms with Crippen LogP contribution in [0.2, 0.25) is 0 Å². The van der Waals surface area contributed by atoms with Crippen molar-refractivity contribution in [3.63, 3.8) is 0 Å². The molecule has 1 unspecified atom stereocenters. The Morgan fingerprint density at radius 1 is 1.05 bits per heavy atom. The largest absolute Gasteiger partial charge is 0.271 e. The number of aryl methyl sites for hydroxylation is 3. The van der Waals surface area contributed by atoms with E-state index in [4.69, 9.17) is 5.84 Å². The lowest BCUT2D eigenvalue weighted by Crippen LogP contribution is -2.31. The minimum atomic E-state index is -0.338. The molecule has 2 rings (SSSR count). The van der Waals surface area contributed by atoms with Crippen LogP contribution in [0.15, 0.2) is 30.3 Å². The third-order valence-corrected chi connectivity index (χ3v) is 3.89. The summed E-state index contributed by atoms with van der Waals surface area (Å²) in [5.41, 5.74) is 8.53. The van der Waals surface area contributed by atoms with Gasteiger partial charge in [-0.1, -0.05) is 24.3 Å². The lowest BCUT2D eigenvalue weighted by atomic mass is 9.90. The van der Waals surface area contributed by atoms with Crippen LogP contribution in [0.5, 0.6) is 0 Å². The molecule has 2 aromatic rings. The number of benzene rings is 2. The van der Waals surface area contributed by atoms with Gasteiger partial charge in [-0.2, -0.15) is 0 Å². The number of rotatable bonds is 3. The van der Waals surface area contributed by atoms with Gasteiger partial charge < -0.3 is 0 Å². The van der Waals surface area contributed by atoms with Crippen LogP contribution in [-0.4, -0.2) is 0 Å². The van der Waals surface area contributed by atoms with Gasteiger partial charge in [0, 0.05) is 5.56 Å². The molecule has 0 radical (unpaired) electrons. The molecule has 2 aromatic carbocycles. The minimum Gasteiger partial charge on any atom is -0.271 e. The molecule has 0 fully saturated rings. The van der Waals surface area contributed by atoms with Gasteiger partial charge in [0.1, 0.15) is 5.82 Å². The van der Waals surface area contributed by atoms with Gasteiger partial charge >= 0.3 is 0 Å². The van der Waals surface area contributed by atoms with Crippen molar-refractivity contribution < 1.29 is 4.39 Å². The van der Waals surface area contributed by atoms with E-state index in [9.17, 15) is 4.39 Å². The van der Waals surface area contributed by atoms with Gasteiger partial charge in [0.05, 0.1) is 6.04 Å². The minimum absolute atomic E-state index is 0.216. The molecule has 0 amide bonds. The lowest BCUT2D eigenvalue weighted by Gasteiger charge is -2.22. The zero-order valence-electron chi connectivity index (χ0n) is 12.4. The Labute approximate surface area is 119 Å². The Bertz CT molecular complexity index is 612. The first kappa shape index (κ1) is 14.7. The summed E-state index contributed by atoms with van der Waals surface area (Å²) in [6, 6.07) is 9.21. The first-order valence-electron chi connectivity index (χ1n) is 6.74. The second-order valence-electron chi connectivity index (χ2n) is 5.37. The smallest absolute Gasteiger partial charge is 0.128 e. The molecule has 0 aromatic heterocycles. The van der Waals surface area contributed by atoms with Gasteiger partial charge in [-0.05, 0) is 61.6 Å². The van der Waals surface area contributed by atoms with Gasteiger partial charge in [-0.3, -0.25) is 5.84 Å². The van der Waals surface area contributed by atoms with Crippen molar-refractivity contribution in [2.45, 2.75) is 33.7 Å². The van der Waals surface area contributed by atoms with Crippen LogP contribution in [0.3, 0.4) is 0 Å². The zero-order chi connectivity index (χ0) is 14.9. The number of nitrogens with two attached hydrogens (primary N) is 1. The molecule has 0 spiro atoms. The number of halogens is 1. The topological polar surface area (TPSA) is 38.0 Å². The zero-order valence-corrected chi connectivity index (χ0v) is 12.4. The van der Waals surface area contributed by atoms with E-state index < -0.39 is 0 Å². The summed E-state index contributed by atoms with van der Waals surface area (Å²) in [6.07, 6.45) is 0. The molecule has 0 heterocycles. The number of hydrogen-bond donors (Lipinski definition) is 2. The Morgan fingerprint density at radius 3 is 2.35 bits per heavy atom. The molecule has 0 aliphatic heterocycles. The van der Waals surface area contributed by atoms with Crippen LogP contribution >= 0.6 is 0 Å². The molecule has 0 aliphatic carbocycles. The molecule has 2 nitrogen and oxygen atoms in total. The Hall–Kier alpha value is -1.71. The fraction of sp³-hybridized carbons (Fsp3) is 0.294. The van der Waals surface area contributed by atoms with Crippen LogP contribution in [0, 0.1) is 33.5 Å². The van der Waals surface area contributed by atoms with Crippen molar-refractivity contribution in [3.8, 4) is 0 Å². The summed E-state index contributed by atoms with van der Waals surface area (Å²) in [7, 11) is 0. The molecular formula is C17H21FN2. The van der Waals surface area contributed by atoms with E-state index in [0.717, 1.165) is 22.3 Å². The highest BCUT2D eigenvalue weighted by Crippen LogP contribution is 2.30. The molecule has 106 valence electrons. The highest BCUT2D eigenvalue weighted by Gasteiger charge is 2.21.